The minimum atomic E-state index is -1.34. The van der Waals surface area contributed by atoms with E-state index >= 15 is 0 Å². The summed E-state index contributed by atoms with van der Waals surface area (Å²) in [7, 11) is 0. The number of carboxylic acids is 1. The smallest absolute Gasteiger partial charge is 0.337 e. The van der Waals surface area contributed by atoms with E-state index in [2.05, 4.69) is 15.0 Å². The van der Waals surface area contributed by atoms with Gasteiger partial charge in [-0.2, -0.15) is 4.39 Å². The van der Waals surface area contributed by atoms with Crippen molar-refractivity contribution in [2.75, 3.05) is 0 Å². The second kappa shape index (κ2) is 8.46. The highest BCUT2D eigenvalue weighted by atomic mass is 19.2. The number of imidazole rings is 1. The molecule has 10 heteroatoms. The van der Waals surface area contributed by atoms with Crippen molar-refractivity contribution in [3.63, 3.8) is 0 Å². The maximum atomic E-state index is 15.0. The molecule has 0 unspecified atom stereocenters. The van der Waals surface area contributed by atoms with Crippen molar-refractivity contribution < 1.29 is 27.5 Å². The number of aromatic nitrogens is 4. The molecule has 0 saturated heterocycles. The molecule has 2 aromatic carbocycles. The molecule has 0 bridgehead atoms. The number of benzene rings is 2. The molecule has 1 N–H and O–H groups in total. The van der Waals surface area contributed by atoms with E-state index in [4.69, 9.17) is 0 Å². The average Bonchev–Trinajstić information content (AvgIpc) is 3.20. The Balaban J connectivity index is 1.94. The lowest BCUT2D eigenvalue weighted by molar-refractivity contribution is 0.0699. The molecule has 0 atom stereocenters. The maximum Gasteiger partial charge on any atom is 0.337 e. The Bertz CT molecular complexity index is 1650. The second-order valence-electron chi connectivity index (χ2n) is 7.86. The molecule has 3 aromatic heterocycles. The van der Waals surface area contributed by atoms with Crippen LogP contribution in [0.3, 0.4) is 0 Å². The molecule has 3 heterocycles. The summed E-state index contributed by atoms with van der Waals surface area (Å²) in [5.41, 5.74) is -0.143. The monoisotopic (exact) mass is 480 g/mol. The van der Waals surface area contributed by atoms with Gasteiger partial charge in [-0.25, -0.2) is 27.9 Å². The van der Waals surface area contributed by atoms with Crippen LogP contribution in [0.2, 0.25) is 0 Å². The van der Waals surface area contributed by atoms with Crippen molar-refractivity contribution in [2.24, 2.45) is 0 Å². The molecule has 0 spiro atoms. The predicted octanol–water partition coefficient (Wildman–Crippen LogP) is 5.84. The first-order valence-electron chi connectivity index (χ1n) is 10.6. The Kier molecular flexibility index (Phi) is 5.43. The fraction of sp³-hybridized carbons (Fsp3) is 0.120. The highest BCUT2D eigenvalue weighted by Crippen LogP contribution is 2.35. The Morgan fingerprint density at radius 3 is 2.46 bits per heavy atom. The number of halogens is 4. The summed E-state index contributed by atoms with van der Waals surface area (Å²) < 4.78 is 59.3. The molecular formula is C25H16F4N4O2. The van der Waals surface area contributed by atoms with Crippen LogP contribution < -0.4 is 0 Å². The van der Waals surface area contributed by atoms with E-state index in [0.29, 0.717) is 18.7 Å². The quantitative estimate of drug-likeness (QED) is 0.252. The van der Waals surface area contributed by atoms with Crippen LogP contribution in [-0.2, 0) is 6.42 Å². The summed E-state index contributed by atoms with van der Waals surface area (Å²) in [6.45, 7) is 1.88. The number of fused-ring (bicyclic) bond motifs is 2. The van der Waals surface area contributed by atoms with Gasteiger partial charge in [-0.15, -0.1) is 0 Å². The molecule has 176 valence electrons. The number of hydrogen-bond donors (Lipinski definition) is 1. The molecule has 35 heavy (non-hydrogen) atoms. The molecule has 6 nitrogen and oxygen atoms in total. The van der Waals surface area contributed by atoms with E-state index in [0.717, 1.165) is 18.3 Å². The fourth-order valence-electron chi connectivity index (χ4n) is 4.21. The molecule has 0 saturated carbocycles. The van der Waals surface area contributed by atoms with Gasteiger partial charge in [0.2, 0.25) is 5.95 Å². The van der Waals surface area contributed by atoms with Crippen molar-refractivity contribution in [3.05, 3.63) is 83.6 Å². The minimum Gasteiger partial charge on any atom is -0.478 e. The normalized spacial score (nSPS) is 11.5. The summed E-state index contributed by atoms with van der Waals surface area (Å²) in [6.07, 6.45) is 3.36. The lowest BCUT2D eigenvalue weighted by Crippen LogP contribution is -2.04. The SMILES string of the molecule is CCCc1nc2c(C(=O)O)cc(-c3ccnc(F)c3F)cc2n1-c1ccnc2c(F)ccc(F)c12. The van der Waals surface area contributed by atoms with Crippen molar-refractivity contribution in [3.8, 4) is 16.8 Å². The average molecular weight is 480 g/mol. The van der Waals surface area contributed by atoms with Crippen molar-refractivity contribution >= 4 is 27.9 Å². The van der Waals surface area contributed by atoms with Gasteiger partial charge < -0.3 is 5.11 Å². The molecule has 5 aromatic rings. The van der Waals surface area contributed by atoms with Crippen molar-refractivity contribution in [2.45, 2.75) is 19.8 Å². The third-order valence-electron chi connectivity index (χ3n) is 5.70. The molecule has 0 aliphatic carbocycles. The van der Waals surface area contributed by atoms with E-state index in [9.17, 15) is 27.5 Å². The summed E-state index contributed by atoms with van der Waals surface area (Å²) in [5.74, 6) is -4.99. The maximum absolute atomic E-state index is 15.0. The summed E-state index contributed by atoms with van der Waals surface area (Å²) in [4.78, 5) is 23.9. The Labute approximate surface area is 195 Å². The third-order valence-corrected chi connectivity index (χ3v) is 5.70. The zero-order chi connectivity index (χ0) is 24.9. The van der Waals surface area contributed by atoms with E-state index in [1.165, 1.54) is 35.0 Å². The molecular weight excluding hydrogens is 464 g/mol. The first-order valence-corrected chi connectivity index (χ1v) is 10.6. The van der Waals surface area contributed by atoms with Crippen LogP contribution in [-0.4, -0.2) is 30.6 Å². The molecule has 0 fully saturated rings. The van der Waals surface area contributed by atoms with E-state index in [-0.39, 0.29) is 44.3 Å². The molecule has 0 aliphatic rings. The largest absolute Gasteiger partial charge is 0.478 e. The standard InChI is InChI=1S/C25H16F4N4O2/c1-2-3-19-32-22-14(25(34)35)10-12(13-6-8-31-24(29)21(13)28)11-18(22)33(19)17-7-9-30-23-16(27)5-4-15(26)20(17)23/h4-11H,2-3H2,1H3,(H,34,35). The van der Waals surface area contributed by atoms with Gasteiger partial charge in [-0.05, 0) is 48.4 Å². The minimum absolute atomic E-state index is 0.0583. The number of aromatic carboxylic acids is 1. The molecule has 0 radical (unpaired) electrons. The van der Waals surface area contributed by atoms with Gasteiger partial charge in [0.15, 0.2) is 5.82 Å². The Morgan fingerprint density at radius 2 is 1.71 bits per heavy atom. The topological polar surface area (TPSA) is 80.9 Å². The Hall–Kier alpha value is -4.34. The number of aryl methyl sites for hydroxylation is 1. The Morgan fingerprint density at radius 1 is 0.971 bits per heavy atom. The number of nitrogens with zero attached hydrogens (tertiary/aromatic N) is 4. The van der Waals surface area contributed by atoms with Crippen LogP contribution in [0.1, 0.15) is 29.5 Å². The predicted molar refractivity (Wildman–Crippen MR) is 120 cm³/mol. The number of rotatable bonds is 5. The molecule has 5 rings (SSSR count). The van der Waals surface area contributed by atoms with E-state index in [1.54, 1.807) is 0 Å². The molecule has 0 amide bonds. The highest BCUT2D eigenvalue weighted by Gasteiger charge is 2.24. The van der Waals surface area contributed by atoms with E-state index in [1.807, 2.05) is 6.92 Å². The van der Waals surface area contributed by atoms with Crippen molar-refractivity contribution in [1.29, 1.82) is 0 Å². The van der Waals surface area contributed by atoms with Gasteiger partial charge in [0.1, 0.15) is 28.5 Å². The first kappa shape index (κ1) is 22.5. The summed E-state index contributed by atoms with van der Waals surface area (Å²) >= 11 is 0. The summed E-state index contributed by atoms with van der Waals surface area (Å²) in [5, 5.41) is 9.76. The van der Waals surface area contributed by atoms with Crippen LogP contribution >= 0.6 is 0 Å². The van der Waals surface area contributed by atoms with Gasteiger partial charge >= 0.3 is 5.97 Å². The summed E-state index contributed by atoms with van der Waals surface area (Å²) in [6, 6.07) is 7.26. The zero-order valence-electron chi connectivity index (χ0n) is 18.2. The lowest BCUT2D eigenvalue weighted by atomic mass is 10.0. The fourth-order valence-corrected chi connectivity index (χ4v) is 4.21. The first-order chi connectivity index (χ1) is 16.8. The van der Waals surface area contributed by atoms with Gasteiger partial charge in [0, 0.05) is 24.4 Å². The van der Waals surface area contributed by atoms with Gasteiger partial charge in [-0.3, -0.25) is 9.55 Å². The number of carbonyl (C=O) groups is 1. The number of pyridine rings is 2. The van der Waals surface area contributed by atoms with Crippen LogP contribution in [0.4, 0.5) is 17.6 Å². The zero-order valence-corrected chi connectivity index (χ0v) is 18.2. The number of hydrogen-bond acceptors (Lipinski definition) is 4. The van der Waals surface area contributed by atoms with Crippen LogP contribution in [0.5, 0.6) is 0 Å². The number of carboxylic acid groups (broad SMARTS) is 1. The van der Waals surface area contributed by atoms with Crippen LogP contribution in [0, 0.1) is 23.4 Å². The van der Waals surface area contributed by atoms with Crippen LogP contribution in [0.15, 0.2) is 48.8 Å². The lowest BCUT2D eigenvalue weighted by Gasteiger charge is -2.14. The highest BCUT2D eigenvalue weighted by molar-refractivity contribution is 6.04. The van der Waals surface area contributed by atoms with E-state index < -0.39 is 29.4 Å². The molecule has 0 aliphatic heterocycles. The second-order valence-corrected chi connectivity index (χ2v) is 7.86. The van der Waals surface area contributed by atoms with Gasteiger partial charge in [0.05, 0.1) is 22.2 Å². The van der Waals surface area contributed by atoms with Gasteiger partial charge in [-0.1, -0.05) is 6.92 Å². The third kappa shape index (κ3) is 3.58. The van der Waals surface area contributed by atoms with Crippen molar-refractivity contribution in [1.82, 2.24) is 19.5 Å². The van der Waals surface area contributed by atoms with Crippen LogP contribution in [0.25, 0.3) is 38.8 Å². The van der Waals surface area contributed by atoms with Gasteiger partial charge in [0.25, 0.3) is 0 Å².